The first-order valence-electron chi connectivity index (χ1n) is 5.69. The highest BCUT2D eigenvalue weighted by Gasteiger charge is 2.21. The van der Waals surface area contributed by atoms with Crippen molar-refractivity contribution in [3.63, 3.8) is 0 Å². The quantitative estimate of drug-likeness (QED) is 0.266. The minimum absolute atomic E-state index is 0.0953. The summed E-state index contributed by atoms with van der Waals surface area (Å²) in [6.07, 6.45) is 4.58. The molecule has 0 aliphatic heterocycles. The van der Waals surface area contributed by atoms with Gasteiger partial charge >= 0.3 is 6.03 Å². The molecular weight excluding hydrogens is 236 g/mol. The first-order chi connectivity index (χ1) is 8.61. The molecule has 1 aliphatic rings. The summed E-state index contributed by atoms with van der Waals surface area (Å²) in [6.45, 7) is 0. The third-order valence-electron chi connectivity index (χ3n) is 2.99. The molecule has 0 atom stereocenters. The number of nitrogens with two attached hydrogens (primary N) is 1. The van der Waals surface area contributed by atoms with E-state index in [1.54, 1.807) is 7.05 Å². The summed E-state index contributed by atoms with van der Waals surface area (Å²) in [5, 5.41) is 21.0. The van der Waals surface area contributed by atoms with Crippen LogP contribution in [0.25, 0.3) is 0 Å². The Morgan fingerprint density at radius 3 is 2.94 bits per heavy atom. The number of aromatic nitrogens is 2. The van der Waals surface area contributed by atoms with Crippen molar-refractivity contribution in [2.45, 2.75) is 25.3 Å². The number of carbonyl (C=O) groups is 1. The first-order valence-corrected chi connectivity index (χ1v) is 5.69. The predicted molar refractivity (Wildman–Crippen MR) is 65.5 cm³/mol. The van der Waals surface area contributed by atoms with Crippen LogP contribution in [0.5, 0.6) is 0 Å². The first kappa shape index (κ1) is 12.2. The fourth-order valence-electron chi connectivity index (χ4n) is 1.71. The van der Waals surface area contributed by atoms with Crippen LogP contribution >= 0.6 is 0 Å². The number of hydrogen-bond donors (Lipinski definition) is 4. The van der Waals surface area contributed by atoms with E-state index in [-0.39, 0.29) is 17.9 Å². The lowest BCUT2D eigenvalue weighted by atomic mass is 9.93. The van der Waals surface area contributed by atoms with Crippen LogP contribution in [0.2, 0.25) is 0 Å². The van der Waals surface area contributed by atoms with E-state index < -0.39 is 0 Å². The molecule has 0 unspecified atom stereocenters. The van der Waals surface area contributed by atoms with Gasteiger partial charge in [0.25, 0.3) is 0 Å². The Balaban J connectivity index is 2.07. The standard InChI is InChI=1S/C10H16N6O2/c1-16-9(7(5-12-16)8(11)15-18)14-10(17)13-6-3-2-4-6/h5-6,18H,2-4H2,1H3,(H2,11,15)(H2,13,14,17). The van der Waals surface area contributed by atoms with Crippen molar-refractivity contribution in [1.29, 1.82) is 0 Å². The van der Waals surface area contributed by atoms with Gasteiger partial charge in [-0.15, -0.1) is 0 Å². The zero-order valence-electron chi connectivity index (χ0n) is 10.1. The van der Waals surface area contributed by atoms with Gasteiger partial charge in [0, 0.05) is 13.1 Å². The van der Waals surface area contributed by atoms with Gasteiger partial charge in [-0.1, -0.05) is 5.16 Å². The van der Waals surface area contributed by atoms with Crippen molar-refractivity contribution in [3.05, 3.63) is 11.8 Å². The fourth-order valence-corrected chi connectivity index (χ4v) is 1.71. The minimum Gasteiger partial charge on any atom is -0.409 e. The Labute approximate surface area is 104 Å². The zero-order chi connectivity index (χ0) is 13.1. The topological polar surface area (TPSA) is 118 Å². The third-order valence-corrected chi connectivity index (χ3v) is 2.99. The highest BCUT2D eigenvalue weighted by Crippen LogP contribution is 2.18. The van der Waals surface area contributed by atoms with E-state index >= 15 is 0 Å². The van der Waals surface area contributed by atoms with Gasteiger partial charge in [0.05, 0.1) is 11.8 Å². The summed E-state index contributed by atoms with van der Waals surface area (Å²) in [6, 6.07) is -0.0687. The van der Waals surface area contributed by atoms with Crippen molar-refractivity contribution in [3.8, 4) is 0 Å². The summed E-state index contributed by atoms with van der Waals surface area (Å²) in [5.41, 5.74) is 5.88. The van der Waals surface area contributed by atoms with Crippen LogP contribution in [-0.4, -0.2) is 32.9 Å². The van der Waals surface area contributed by atoms with Crippen LogP contribution in [0.1, 0.15) is 24.8 Å². The number of nitrogens with zero attached hydrogens (tertiary/aromatic N) is 3. The molecule has 0 bridgehead atoms. The van der Waals surface area contributed by atoms with E-state index in [1.807, 2.05) is 0 Å². The lowest BCUT2D eigenvalue weighted by Crippen LogP contribution is -2.42. The molecule has 1 fully saturated rings. The normalized spacial score (nSPS) is 16.2. The summed E-state index contributed by atoms with van der Waals surface area (Å²) in [4.78, 5) is 11.7. The molecule has 2 rings (SSSR count). The van der Waals surface area contributed by atoms with Crippen LogP contribution in [0.3, 0.4) is 0 Å². The van der Waals surface area contributed by atoms with Crippen LogP contribution in [0.4, 0.5) is 10.6 Å². The van der Waals surface area contributed by atoms with Crippen LogP contribution in [0, 0.1) is 0 Å². The van der Waals surface area contributed by atoms with E-state index in [9.17, 15) is 4.79 Å². The molecular formula is C10H16N6O2. The number of amides is 2. The molecule has 1 aliphatic carbocycles. The SMILES string of the molecule is Cn1ncc(C(N)=NO)c1NC(=O)NC1CCC1. The van der Waals surface area contributed by atoms with Crippen molar-refractivity contribution < 1.29 is 10.0 Å². The highest BCUT2D eigenvalue weighted by molar-refractivity contribution is 6.04. The second-order valence-corrected chi connectivity index (χ2v) is 4.24. The van der Waals surface area contributed by atoms with E-state index in [4.69, 9.17) is 10.9 Å². The second-order valence-electron chi connectivity index (χ2n) is 4.24. The fraction of sp³-hybridized carbons (Fsp3) is 0.500. The van der Waals surface area contributed by atoms with E-state index in [0.717, 1.165) is 19.3 Å². The largest absolute Gasteiger partial charge is 0.409 e. The monoisotopic (exact) mass is 252 g/mol. The number of nitrogens with one attached hydrogen (secondary N) is 2. The number of anilines is 1. The summed E-state index contributed by atoms with van der Waals surface area (Å²) in [7, 11) is 1.66. The Morgan fingerprint density at radius 1 is 1.67 bits per heavy atom. The molecule has 0 aromatic carbocycles. The van der Waals surface area contributed by atoms with Crippen LogP contribution in [-0.2, 0) is 7.05 Å². The third kappa shape index (κ3) is 2.36. The summed E-state index contributed by atoms with van der Waals surface area (Å²) >= 11 is 0. The number of hydrogen-bond acceptors (Lipinski definition) is 4. The molecule has 98 valence electrons. The van der Waals surface area contributed by atoms with Crippen molar-refractivity contribution >= 4 is 17.7 Å². The molecule has 2 amide bonds. The Morgan fingerprint density at radius 2 is 2.39 bits per heavy atom. The van der Waals surface area contributed by atoms with Crippen molar-refractivity contribution in [1.82, 2.24) is 15.1 Å². The van der Waals surface area contributed by atoms with Crippen LogP contribution in [0.15, 0.2) is 11.4 Å². The van der Waals surface area contributed by atoms with Gasteiger partial charge in [0.2, 0.25) is 0 Å². The predicted octanol–water partition coefficient (Wildman–Crippen LogP) is 0.189. The van der Waals surface area contributed by atoms with Crippen molar-refractivity contribution in [2.75, 3.05) is 5.32 Å². The van der Waals surface area contributed by atoms with E-state index in [0.29, 0.717) is 11.4 Å². The Kier molecular flexibility index (Phi) is 3.35. The number of amidine groups is 1. The second kappa shape index (κ2) is 4.94. The van der Waals surface area contributed by atoms with E-state index in [2.05, 4.69) is 20.9 Å². The maximum Gasteiger partial charge on any atom is 0.320 e. The molecule has 1 aromatic heterocycles. The lowest BCUT2D eigenvalue weighted by molar-refractivity contribution is 0.240. The maximum atomic E-state index is 11.7. The van der Waals surface area contributed by atoms with Gasteiger partial charge < -0.3 is 16.3 Å². The number of aryl methyl sites for hydroxylation is 1. The van der Waals surface area contributed by atoms with Gasteiger partial charge in [0.15, 0.2) is 5.84 Å². The minimum atomic E-state index is -0.310. The van der Waals surface area contributed by atoms with E-state index in [1.165, 1.54) is 10.9 Å². The maximum absolute atomic E-state index is 11.7. The Hall–Kier alpha value is -2.25. The number of urea groups is 1. The molecule has 0 spiro atoms. The smallest absolute Gasteiger partial charge is 0.320 e. The molecule has 0 radical (unpaired) electrons. The van der Waals surface area contributed by atoms with Gasteiger partial charge in [-0.25, -0.2) is 4.79 Å². The molecule has 8 heteroatoms. The Bertz CT molecular complexity index is 477. The molecule has 18 heavy (non-hydrogen) atoms. The number of carbonyl (C=O) groups excluding carboxylic acids is 1. The highest BCUT2D eigenvalue weighted by atomic mass is 16.4. The zero-order valence-corrected chi connectivity index (χ0v) is 10.1. The number of oxime groups is 1. The summed E-state index contributed by atoms with van der Waals surface area (Å²) < 4.78 is 1.45. The molecule has 5 N–H and O–H groups in total. The molecule has 1 aromatic rings. The summed E-state index contributed by atoms with van der Waals surface area (Å²) in [5.74, 6) is 0.296. The van der Waals surface area contributed by atoms with Gasteiger partial charge in [-0.05, 0) is 19.3 Å². The van der Waals surface area contributed by atoms with Crippen LogP contribution < -0.4 is 16.4 Å². The average Bonchev–Trinajstić information content (AvgIpc) is 2.65. The number of rotatable bonds is 3. The lowest BCUT2D eigenvalue weighted by Gasteiger charge is -2.26. The van der Waals surface area contributed by atoms with Gasteiger partial charge in [-0.3, -0.25) is 10.00 Å². The molecule has 1 saturated carbocycles. The molecule has 1 heterocycles. The van der Waals surface area contributed by atoms with Gasteiger partial charge in [0.1, 0.15) is 5.82 Å². The average molecular weight is 252 g/mol. The molecule has 8 nitrogen and oxygen atoms in total. The van der Waals surface area contributed by atoms with Crippen molar-refractivity contribution in [2.24, 2.45) is 17.9 Å². The molecule has 0 saturated heterocycles. The van der Waals surface area contributed by atoms with Gasteiger partial charge in [-0.2, -0.15) is 5.10 Å².